The van der Waals surface area contributed by atoms with E-state index < -0.39 is 6.04 Å². The number of aryl methyl sites for hydroxylation is 3. The summed E-state index contributed by atoms with van der Waals surface area (Å²) in [5, 5.41) is 3.03. The molecule has 0 aliphatic carbocycles. The standard InChI is InChI=1S/C27H38N2O2S/c1-6-8-13-28-27(31)25(7-2)29(17-24-12-10-9-11-22(24)5)26(30)19-32-18-23-15-20(3)14-21(4)16-23/h9-12,14-16,25H,6-8,13,17-19H2,1-5H3,(H,28,31)/t25-/m1/s1. The Balaban J connectivity index is 2.13. The minimum absolute atomic E-state index is 0.0140. The molecule has 0 aliphatic heterocycles. The lowest BCUT2D eigenvalue weighted by molar-refractivity contribution is -0.139. The molecule has 1 N–H and O–H groups in total. The molecule has 2 rings (SSSR count). The number of amides is 2. The van der Waals surface area contributed by atoms with Crippen LogP contribution in [-0.4, -0.2) is 35.1 Å². The van der Waals surface area contributed by atoms with E-state index in [9.17, 15) is 9.59 Å². The number of carbonyl (C=O) groups excluding carboxylic acids is 2. The van der Waals surface area contributed by atoms with Crippen LogP contribution in [0.25, 0.3) is 0 Å². The second kappa shape index (κ2) is 13.3. The van der Waals surface area contributed by atoms with Gasteiger partial charge in [0, 0.05) is 18.8 Å². The molecule has 0 saturated heterocycles. The molecule has 0 fully saturated rings. The second-order valence-corrected chi connectivity index (χ2v) is 9.49. The summed E-state index contributed by atoms with van der Waals surface area (Å²) in [7, 11) is 0. The van der Waals surface area contributed by atoms with Gasteiger partial charge < -0.3 is 10.2 Å². The molecule has 2 aromatic rings. The van der Waals surface area contributed by atoms with Crippen molar-refractivity contribution in [2.24, 2.45) is 0 Å². The third kappa shape index (κ3) is 8.01. The highest BCUT2D eigenvalue weighted by atomic mass is 32.2. The highest BCUT2D eigenvalue weighted by molar-refractivity contribution is 7.99. The molecule has 32 heavy (non-hydrogen) atoms. The van der Waals surface area contributed by atoms with Gasteiger partial charge in [-0.1, -0.05) is 73.9 Å². The van der Waals surface area contributed by atoms with Crippen LogP contribution in [0.1, 0.15) is 60.9 Å². The van der Waals surface area contributed by atoms with Crippen molar-refractivity contribution in [2.75, 3.05) is 12.3 Å². The van der Waals surface area contributed by atoms with Gasteiger partial charge in [-0.25, -0.2) is 0 Å². The number of hydrogen-bond acceptors (Lipinski definition) is 3. The Labute approximate surface area is 198 Å². The third-order valence-electron chi connectivity index (χ3n) is 5.59. The summed E-state index contributed by atoms with van der Waals surface area (Å²) in [6.07, 6.45) is 2.56. The number of benzene rings is 2. The van der Waals surface area contributed by atoms with Gasteiger partial charge in [0.1, 0.15) is 6.04 Å². The van der Waals surface area contributed by atoms with Gasteiger partial charge in [-0.2, -0.15) is 0 Å². The first kappa shape index (κ1) is 26.0. The lowest BCUT2D eigenvalue weighted by atomic mass is 10.1. The normalized spacial score (nSPS) is 11.8. The number of unbranched alkanes of at least 4 members (excludes halogenated alkanes) is 1. The number of thioether (sulfide) groups is 1. The highest BCUT2D eigenvalue weighted by Crippen LogP contribution is 2.20. The highest BCUT2D eigenvalue weighted by Gasteiger charge is 2.28. The van der Waals surface area contributed by atoms with Gasteiger partial charge in [-0.15, -0.1) is 11.8 Å². The van der Waals surface area contributed by atoms with E-state index in [0.717, 1.165) is 29.7 Å². The van der Waals surface area contributed by atoms with Crippen molar-refractivity contribution in [2.45, 2.75) is 72.2 Å². The second-order valence-electron chi connectivity index (χ2n) is 8.51. The van der Waals surface area contributed by atoms with Crippen molar-refractivity contribution in [1.29, 1.82) is 0 Å². The Bertz CT molecular complexity index is 877. The summed E-state index contributed by atoms with van der Waals surface area (Å²) in [5.41, 5.74) is 5.93. The number of nitrogens with one attached hydrogen (secondary N) is 1. The Morgan fingerprint density at radius 3 is 2.34 bits per heavy atom. The fourth-order valence-corrected chi connectivity index (χ4v) is 4.73. The quantitative estimate of drug-likeness (QED) is 0.427. The Hall–Kier alpha value is -2.27. The molecule has 0 unspecified atom stereocenters. The summed E-state index contributed by atoms with van der Waals surface area (Å²) >= 11 is 1.61. The van der Waals surface area contributed by atoms with Crippen LogP contribution in [-0.2, 0) is 21.9 Å². The largest absolute Gasteiger partial charge is 0.354 e. The molecular weight excluding hydrogens is 416 g/mol. The monoisotopic (exact) mass is 454 g/mol. The van der Waals surface area contributed by atoms with Crippen LogP contribution in [0.15, 0.2) is 42.5 Å². The average molecular weight is 455 g/mol. The van der Waals surface area contributed by atoms with Crippen LogP contribution in [0, 0.1) is 20.8 Å². The van der Waals surface area contributed by atoms with Crippen molar-refractivity contribution >= 4 is 23.6 Å². The molecule has 0 bridgehead atoms. The maximum absolute atomic E-state index is 13.3. The number of rotatable bonds is 12. The van der Waals surface area contributed by atoms with Gasteiger partial charge in [0.2, 0.25) is 11.8 Å². The Morgan fingerprint density at radius 2 is 1.72 bits per heavy atom. The van der Waals surface area contributed by atoms with Crippen LogP contribution in [0.4, 0.5) is 0 Å². The predicted molar refractivity (Wildman–Crippen MR) is 136 cm³/mol. The molecule has 0 saturated carbocycles. The van der Waals surface area contributed by atoms with Gasteiger partial charge in [-0.05, 0) is 50.3 Å². The summed E-state index contributed by atoms with van der Waals surface area (Å²) in [6.45, 7) is 11.4. The molecule has 0 heterocycles. The molecule has 2 amide bonds. The summed E-state index contributed by atoms with van der Waals surface area (Å²) < 4.78 is 0. The lowest BCUT2D eigenvalue weighted by Gasteiger charge is -2.31. The molecule has 1 atom stereocenters. The van der Waals surface area contributed by atoms with Crippen LogP contribution in [0.5, 0.6) is 0 Å². The van der Waals surface area contributed by atoms with E-state index in [2.05, 4.69) is 57.3 Å². The maximum Gasteiger partial charge on any atom is 0.242 e. The fourth-order valence-electron chi connectivity index (χ4n) is 3.89. The molecule has 4 nitrogen and oxygen atoms in total. The zero-order chi connectivity index (χ0) is 23.5. The van der Waals surface area contributed by atoms with E-state index in [1.165, 1.54) is 16.7 Å². The van der Waals surface area contributed by atoms with Gasteiger partial charge in [-0.3, -0.25) is 9.59 Å². The van der Waals surface area contributed by atoms with Gasteiger partial charge in [0.15, 0.2) is 0 Å². The number of carbonyl (C=O) groups is 2. The smallest absolute Gasteiger partial charge is 0.242 e. The zero-order valence-corrected chi connectivity index (χ0v) is 21.1. The van der Waals surface area contributed by atoms with Gasteiger partial charge >= 0.3 is 0 Å². The Kier molecular flexibility index (Phi) is 10.8. The first-order valence-corrected chi connectivity index (χ1v) is 12.8. The summed E-state index contributed by atoms with van der Waals surface area (Å²) in [6, 6.07) is 14.1. The predicted octanol–water partition coefficient (Wildman–Crippen LogP) is 5.57. The fraction of sp³-hybridized carbons (Fsp3) is 0.481. The first-order chi connectivity index (χ1) is 15.3. The van der Waals surface area contributed by atoms with Crippen molar-refractivity contribution in [3.8, 4) is 0 Å². The van der Waals surface area contributed by atoms with Crippen LogP contribution in [0.3, 0.4) is 0 Å². The average Bonchev–Trinajstić information content (AvgIpc) is 2.74. The topological polar surface area (TPSA) is 49.4 Å². The molecule has 174 valence electrons. The minimum atomic E-state index is -0.458. The first-order valence-electron chi connectivity index (χ1n) is 11.6. The van der Waals surface area contributed by atoms with E-state index in [4.69, 9.17) is 0 Å². The van der Waals surface area contributed by atoms with Crippen LogP contribution < -0.4 is 5.32 Å². The number of hydrogen-bond donors (Lipinski definition) is 1. The van der Waals surface area contributed by atoms with E-state index >= 15 is 0 Å². The molecule has 0 aliphatic rings. The minimum Gasteiger partial charge on any atom is -0.354 e. The summed E-state index contributed by atoms with van der Waals surface area (Å²) in [4.78, 5) is 28.0. The van der Waals surface area contributed by atoms with Crippen LogP contribution in [0.2, 0.25) is 0 Å². The van der Waals surface area contributed by atoms with Gasteiger partial charge in [0.05, 0.1) is 5.75 Å². The zero-order valence-electron chi connectivity index (χ0n) is 20.2. The number of nitrogens with zero attached hydrogens (tertiary/aromatic N) is 1. The van der Waals surface area contributed by atoms with Crippen LogP contribution >= 0.6 is 11.8 Å². The lowest BCUT2D eigenvalue weighted by Crippen LogP contribution is -2.49. The molecular formula is C27H38N2O2S. The SMILES string of the molecule is CCCCNC(=O)[C@@H](CC)N(Cc1ccccc1C)C(=O)CSCc1cc(C)cc(C)c1. The molecule has 2 aromatic carbocycles. The van der Waals surface area contributed by atoms with Gasteiger partial charge in [0.25, 0.3) is 0 Å². The van der Waals surface area contributed by atoms with E-state index in [0.29, 0.717) is 25.3 Å². The Morgan fingerprint density at radius 1 is 1.03 bits per heavy atom. The summed E-state index contributed by atoms with van der Waals surface area (Å²) in [5.74, 6) is 1.10. The van der Waals surface area contributed by atoms with Crippen molar-refractivity contribution < 1.29 is 9.59 Å². The van der Waals surface area contributed by atoms with Crippen molar-refractivity contribution in [1.82, 2.24) is 10.2 Å². The maximum atomic E-state index is 13.3. The van der Waals surface area contributed by atoms with E-state index in [1.807, 2.05) is 25.1 Å². The molecule has 0 radical (unpaired) electrons. The van der Waals surface area contributed by atoms with E-state index in [1.54, 1.807) is 16.7 Å². The van der Waals surface area contributed by atoms with E-state index in [-0.39, 0.29) is 11.8 Å². The van der Waals surface area contributed by atoms with Crippen molar-refractivity contribution in [3.05, 3.63) is 70.3 Å². The molecule has 0 aromatic heterocycles. The van der Waals surface area contributed by atoms with Crippen molar-refractivity contribution in [3.63, 3.8) is 0 Å². The molecule has 0 spiro atoms. The molecule has 5 heteroatoms. The third-order valence-corrected chi connectivity index (χ3v) is 6.58.